The van der Waals surface area contributed by atoms with Crippen molar-refractivity contribution in [1.82, 2.24) is 4.98 Å². The Morgan fingerprint density at radius 1 is 1.50 bits per heavy atom. The Bertz CT molecular complexity index is 346. The molecule has 14 heavy (non-hydrogen) atoms. The van der Waals surface area contributed by atoms with E-state index in [0.29, 0.717) is 19.5 Å². The summed E-state index contributed by atoms with van der Waals surface area (Å²) in [7, 11) is 0. The van der Waals surface area contributed by atoms with Gasteiger partial charge in [0.15, 0.2) is 11.6 Å². The topological polar surface area (TPSA) is 36.4 Å². The maximum atomic E-state index is 13.2. The molecule has 1 aliphatic rings. The zero-order chi connectivity index (χ0) is 10.1. The Morgan fingerprint density at radius 2 is 2.29 bits per heavy atom. The molecule has 5 heteroatoms. The van der Waals surface area contributed by atoms with Gasteiger partial charge in [0.25, 0.3) is 0 Å². The molecule has 0 spiro atoms. The largest absolute Gasteiger partial charge is 0.391 e. The molecule has 1 atom stereocenters. The molecule has 2 heterocycles. The van der Waals surface area contributed by atoms with Crippen molar-refractivity contribution in [2.24, 2.45) is 0 Å². The van der Waals surface area contributed by atoms with E-state index in [0.717, 1.165) is 12.3 Å². The average molecular weight is 200 g/mol. The van der Waals surface area contributed by atoms with Crippen molar-refractivity contribution in [3.05, 3.63) is 23.9 Å². The van der Waals surface area contributed by atoms with Gasteiger partial charge < -0.3 is 10.0 Å². The fourth-order valence-corrected chi connectivity index (χ4v) is 1.57. The molecule has 2 rings (SSSR count). The number of anilines is 1. The third kappa shape index (κ3) is 1.68. The SMILES string of the molecule is O[C@H]1CCN(c2ncc(F)cc2F)C1. The van der Waals surface area contributed by atoms with Gasteiger partial charge in [0, 0.05) is 19.2 Å². The van der Waals surface area contributed by atoms with Crippen molar-refractivity contribution >= 4 is 5.82 Å². The smallest absolute Gasteiger partial charge is 0.168 e. The van der Waals surface area contributed by atoms with Crippen LogP contribution in [0.3, 0.4) is 0 Å². The van der Waals surface area contributed by atoms with E-state index in [4.69, 9.17) is 0 Å². The quantitative estimate of drug-likeness (QED) is 0.732. The van der Waals surface area contributed by atoms with E-state index in [-0.39, 0.29) is 5.82 Å². The van der Waals surface area contributed by atoms with Crippen molar-refractivity contribution < 1.29 is 13.9 Å². The molecule has 3 nitrogen and oxygen atoms in total. The second-order valence-corrected chi connectivity index (χ2v) is 3.35. The van der Waals surface area contributed by atoms with Crippen LogP contribution in [0.1, 0.15) is 6.42 Å². The first kappa shape index (κ1) is 9.33. The Kier molecular flexibility index (Phi) is 2.33. The molecule has 0 bridgehead atoms. The number of aliphatic hydroxyl groups excluding tert-OH is 1. The Balaban J connectivity index is 2.24. The zero-order valence-corrected chi connectivity index (χ0v) is 7.45. The minimum atomic E-state index is -0.689. The molecule has 1 aromatic rings. The molecule has 0 aliphatic carbocycles. The van der Waals surface area contributed by atoms with Crippen LogP contribution in [0, 0.1) is 11.6 Å². The van der Waals surface area contributed by atoms with Crippen LogP contribution < -0.4 is 4.90 Å². The van der Waals surface area contributed by atoms with Crippen LogP contribution >= 0.6 is 0 Å². The molecule has 1 aliphatic heterocycles. The molecule has 1 fully saturated rings. The molecule has 1 saturated heterocycles. The summed E-state index contributed by atoms with van der Waals surface area (Å²) in [4.78, 5) is 5.27. The van der Waals surface area contributed by atoms with Gasteiger partial charge in [0.05, 0.1) is 12.3 Å². The molecule has 0 amide bonds. The summed E-state index contributed by atoms with van der Waals surface area (Å²) >= 11 is 0. The number of nitrogens with zero attached hydrogens (tertiary/aromatic N) is 2. The summed E-state index contributed by atoms with van der Waals surface area (Å²) in [6.07, 6.45) is 1.13. The fourth-order valence-electron chi connectivity index (χ4n) is 1.57. The molecule has 0 saturated carbocycles. The summed E-state index contributed by atoms with van der Waals surface area (Å²) in [5.41, 5.74) is 0. The number of aliphatic hydroxyl groups is 1. The van der Waals surface area contributed by atoms with Crippen molar-refractivity contribution in [2.75, 3.05) is 18.0 Å². The molecule has 0 unspecified atom stereocenters. The summed E-state index contributed by atoms with van der Waals surface area (Å²) in [6.45, 7) is 0.909. The number of rotatable bonds is 1. The number of hydrogen-bond donors (Lipinski definition) is 1. The highest BCUT2D eigenvalue weighted by molar-refractivity contribution is 5.41. The predicted octanol–water partition coefficient (Wildman–Crippen LogP) is 0.931. The van der Waals surface area contributed by atoms with Crippen LogP contribution in [0.25, 0.3) is 0 Å². The lowest BCUT2D eigenvalue weighted by Crippen LogP contribution is -2.23. The van der Waals surface area contributed by atoms with Gasteiger partial charge in [0.1, 0.15) is 5.82 Å². The van der Waals surface area contributed by atoms with Gasteiger partial charge in [0.2, 0.25) is 0 Å². The zero-order valence-electron chi connectivity index (χ0n) is 7.45. The van der Waals surface area contributed by atoms with Crippen LogP contribution in [0.2, 0.25) is 0 Å². The van der Waals surface area contributed by atoms with Crippen LogP contribution in [0.15, 0.2) is 12.3 Å². The van der Waals surface area contributed by atoms with Crippen LogP contribution in [-0.2, 0) is 0 Å². The van der Waals surface area contributed by atoms with E-state index in [1.807, 2.05) is 0 Å². The molecule has 0 aromatic carbocycles. The molecule has 76 valence electrons. The monoisotopic (exact) mass is 200 g/mol. The first-order valence-electron chi connectivity index (χ1n) is 4.41. The molecule has 1 aromatic heterocycles. The number of β-amino-alcohol motifs (C(OH)–C–C–N with tert-alkyl or cyclic N) is 1. The number of hydrogen-bond acceptors (Lipinski definition) is 3. The molecular weight excluding hydrogens is 190 g/mol. The number of halogens is 2. The predicted molar refractivity (Wildman–Crippen MR) is 47.0 cm³/mol. The van der Waals surface area contributed by atoms with Gasteiger partial charge in [-0.2, -0.15) is 0 Å². The summed E-state index contributed by atoms with van der Waals surface area (Å²) in [6, 6.07) is 0.799. The minimum Gasteiger partial charge on any atom is -0.391 e. The summed E-state index contributed by atoms with van der Waals surface area (Å²) in [5, 5.41) is 9.24. The maximum Gasteiger partial charge on any atom is 0.168 e. The number of pyridine rings is 1. The van der Waals surface area contributed by atoms with Crippen molar-refractivity contribution in [3.63, 3.8) is 0 Å². The van der Waals surface area contributed by atoms with Crippen molar-refractivity contribution in [2.45, 2.75) is 12.5 Å². The lowest BCUT2D eigenvalue weighted by Gasteiger charge is -2.16. The normalized spacial score (nSPS) is 21.6. The van der Waals surface area contributed by atoms with Gasteiger partial charge in [-0.1, -0.05) is 0 Å². The highest BCUT2D eigenvalue weighted by atomic mass is 19.1. The third-order valence-corrected chi connectivity index (χ3v) is 2.25. The molecule has 1 N–H and O–H groups in total. The molecular formula is C9H10F2N2O. The molecule has 0 radical (unpaired) electrons. The highest BCUT2D eigenvalue weighted by Gasteiger charge is 2.23. The minimum absolute atomic E-state index is 0.114. The fraction of sp³-hybridized carbons (Fsp3) is 0.444. The lowest BCUT2D eigenvalue weighted by atomic mass is 10.3. The average Bonchev–Trinajstić information content (AvgIpc) is 2.51. The van der Waals surface area contributed by atoms with E-state index in [1.54, 1.807) is 4.90 Å². The summed E-state index contributed by atoms with van der Waals surface area (Å²) in [5.74, 6) is -1.26. The second kappa shape index (κ2) is 3.49. The Morgan fingerprint density at radius 3 is 2.86 bits per heavy atom. The lowest BCUT2D eigenvalue weighted by molar-refractivity contribution is 0.198. The maximum absolute atomic E-state index is 13.2. The van der Waals surface area contributed by atoms with E-state index in [2.05, 4.69) is 4.98 Å². The second-order valence-electron chi connectivity index (χ2n) is 3.35. The van der Waals surface area contributed by atoms with E-state index in [9.17, 15) is 13.9 Å². The Labute approximate surface area is 80.0 Å². The first-order valence-corrected chi connectivity index (χ1v) is 4.41. The third-order valence-electron chi connectivity index (χ3n) is 2.25. The van der Waals surface area contributed by atoms with Gasteiger partial charge in [-0.25, -0.2) is 13.8 Å². The first-order chi connectivity index (χ1) is 6.66. The number of aromatic nitrogens is 1. The van der Waals surface area contributed by atoms with Crippen molar-refractivity contribution in [3.8, 4) is 0 Å². The van der Waals surface area contributed by atoms with E-state index >= 15 is 0 Å². The van der Waals surface area contributed by atoms with Crippen LogP contribution in [0.4, 0.5) is 14.6 Å². The van der Waals surface area contributed by atoms with Crippen LogP contribution in [-0.4, -0.2) is 29.3 Å². The van der Waals surface area contributed by atoms with Crippen LogP contribution in [0.5, 0.6) is 0 Å². The van der Waals surface area contributed by atoms with E-state index in [1.165, 1.54) is 0 Å². The van der Waals surface area contributed by atoms with Gasteiger partial charge >= 0.3 is 0 Å². The Hall–Kier alpha value is -1.23. The van der Waals surface area contributed by atoms with Crippen molar-refractivity contribution in [1.29, 1.82) is 0 Å². The van der Waals surface area contributed by atoms with Gasteiger partial charge in [-0.3, -0.25) is 0 Å². The standard InChI is InChI=1S/C9H10F2N2O/c10-6-3-8(11)9(12-4-6)13-2-1-7(14)5-13/h3-4,7,14H,1-2,5H2/t7-/m0/s1. The summed E-state index contributed by atoms with van der Waals surface area (Å²) < 4.78 is 25.7. The highest BCUT2D eigenvalue weighted by Crippen LogP contribution is 2.21. The van der Waals surface area contributed by atoms with E-state index < -0.39 is 17.7 Å². The van der Waals surface area contributed by atoms with Gasteiger partial charge in [-0.15, -0.1) is 0 Å². The van der Waals surface area contributed by atoms with Gasteiger partial charge in [-0.05, 0) is 6.42 Å².